The molecule has 9 nitrogen and oxygen atoms in total. The smallest absolute Gasteiger partial charge is 0.247 e. The summed E-state index contributed by atoms with van der Waals surface area (Å²) in [5.74, 6) is 0.609. The SMILES string of the molecule is CCC(C(=O)Nc1ccc(OC)cc1OC)N(Cc1nc(-c2ccccc2)cs1)C(=O)CSc1nc(C)cc(C)n1. The molecule has 214 valence electrons. The van der Waals surface area contributed by atoms with Gasteiger partial charge >= 0.3 is 0 Å². The maximum absolute atomic E-state index is 13.7. The van der Waals surface area contributed by atoms with Gasteiger partial charge < -0.3 is 19.7 Å². The number of anilines is 1. The van der Waals surface area contributed by atoms with Gasteiger partial charge in [-0.3, -0.25) is 9.59 Å². The maximum atomic E-state index is 13.7. The quantitative estimate of drug-likeness (QED) is 0.163. The van der Waals surface area contributed by atoms with Gasteiger partial charge in [-0.2, -0.15) is 0 Å². The molecule has 0 bridgehead atoms. The van der Waals surface area contributed by atoms with Crippen LogP contribution in [0.4, 0.5) is 5.69 Å². The van der Waals surface area contributed by atoms with Gasteiger partial charge in [0, 0.05) is 28.4 Å². The molecule has 1 unspecified atom stereocenters. The van der Waals surface area contributed by atoms with Crippen molar-refractivity contribution in [2.24, 2.45) is 0 Å². The van der Waals surface area contributed by atoms with Crippen molar-refractivity contribution in [3.8, 4) is 22.8 Å². The van der Waals surface area contributed by atoms with Crippen LogP contribution in [0.15, 0.2) is 65.1 Å². The van der Waals surface area contributed by atoms with Gasteiger partial charge in [0.1, 0.15) is 22.5 Å². The van der Waals surface area contributed by atoms with E-state index in [0.717, 1.165) is 27.7 Å². The van der Waals surface area contributed by atoms with Crippen molar-refractivity contribution in [1.29, 1.82) is 0 Å². The number of carbonyl (C=O) groups excluding carboxylic acids is 2. The molecule has 11 heteroatoms. The van der Waals surface area contributed by atoms with E-state index < -0.39 is 6.04 Å². The number of amides is 2. The van der Waals surface area contributed by atoms with Crippen molar-refractivity contribution < 1.29 is 19.1 Å². The lowest BCUT2D eigenvalue weighted by atomic mass is 10.1. The molecule has 41 heavy (non-hydrogen) atoms. The second kappa shape index (κ2) is 14.1. The fourth-order valence-electron chi connectivity index (χ4n) is 4.28. The lowest BCUT2D eigenvalue weighted by Crippen LogP contribution is -2.47. The number of hydrogen-bond acceptors (Lipinski definition) is 9. The van der Waals surface area contributed by atoms with Gasteiger partial charge in [0.15, 0.2) is 5.16 Å². The standard InChI is InChI=1S/C30H33N5O4S2/c1-6-25(29(37)34-23-13-12-22(38-4)15-26(23)39-5)35(28(36)18-41-30-31-19(2)14-20(3)32-30)16-27-33-24(17-40-27)21-10-8-7-9-11-21/h7-15,17,25H,6,16,18H2,1-5H3,(H,34,37). The number of carbonyl (C=O) groups is 2. The van der Waals surface area contributed by atoms with Crippen LogP contribution in [0.2, 0.25) is 0 Å². The van der Waals surface area contributed by atoms with Crippen LogP contribution < -0.4 is 14.8 Å². The maximum Gasteiger partial charge on any atom is 0.247 e. The number of nitrogens with zero attached hydrogens (tertiary/aromatic N) is 4. The minimum Gasteiger partial charge on any atom is -0.497 e. The summed E-state index contributed by atoms with van der Waals surface area (Å²) in [7, 11) is 3.09. The Morgan fingerprint density at radius 2 is 1.73 bits per heavy atom. The molecule has 0 aliphatic carbocycles. The van der Waals surface area contributed by atoms with Crippen molar-refractivity contribution in [1.82, 2.24) is 19.9 Å². The molecule has 0 radical (unpaired) electrons. The molecule has 0 saturated carbocycles. The van der Waals surface area contributed by atoms with Gasteiger partial charge in [-0.05, 0) is 38.5 Å². The molecule has 1 N–H and O–H groups in total. The number of aromatic nitrogens is 3. The number of benzene rings is 2. The highest BCUT2D eigenvalue weighted by molar-refractivity contribution is 7.99. The first-order chi connectivity index (χ1) is 19.8. The van der Waals surface area contributed by atoms with E-state index in [-0.39, 0.29) is 24.1 Å². The number of ether oxygens (including phenoxy) is 2. The molecule has 2 aromatic heterocycles. The summed E-state index contributed by atoms with van der Waals surface area (Å²) >= 11 is 2.72. The van der Waals surface area contributed by atoms with Crippen molar-refractivity contribution in [3.05, 3.63) is 76.4 Å². The Hall–Kier alpha value is -3.96. The Balaban J connectivity index is 1.59. The number of rotatable bonds is 12. The third kappa shape index (κ3) is 7.83. The predicted molar refractivity (Wildman–Crippen MR) is 163 cm³/mol. The lowest BCUT2D eigenvalue weighted by molar-refractivity contribution is -0.137. The summed E-state index contributed by atoms with van der Waals surface area (Å²) in [6, 6.07) is 16.1. The summed E-state index contributed by atoms with van der Waals surface area (Å²) in [5.41, 5.74) is 3.98. The fraction of sp³-hybridized carbons (Fsp3) is 0.300. The third-order valence-corrected chi connectivity index (χ3v) is 7.93. The first kappa shape index (κ1) is 30.0. The van der Waals surface area contributed by atoms with Gasteiger partial charge in [0.05, 0.1) is 37.9 Å². The zero-order valence-corrected chi connectivity index (χ0v) is 25.3. The minimum absolute atomic E-state index is 0.0788. The molecule has 1 atom stereocenters. The highest BCUT2D eigenvalue weighted by Crippen LogP contribution is 2.30. The van der Waals surface area contributed by atoms with Gasteiger partial charge in [0.2, 0.25) is 11.8 Å². The number of methoxy groups -OCH3 is 2. The van der Waals surface area contributed by atoms with E-state index in [0.29, 0.717) is 28.8 Å². The first-order valence-corrected chi connectivity index (χ1v) is 14.9. The average Bonchev–Trinajstić information content (AvgIpc) is 3.44. The van der Waals surface area contributed by atoms with Crippen molar-refractivity contribution in [2.45, 2.75) is 44.9 Å². The summed E-state index contributed by atoms with van der Waals surface area (Å²) < 4.78 is 10.7. The van der Waals surface area contributed by atoms with Gasteiger partial charge in [-0.1, -0.05) is 49.0 Å². The zero-order chi connectivity index (χ0) is 29.4. The molecule has 0 fully saturated rings. The topological polar surface area (TPSA) is 107 Å². The Kier molecular flexibility index (Phi) is 10.3. The van der Waals surface area contributed by atoms with Crippen LogP contribution in [0.25, 0.3) is 11.3 Å². The molecule has 2 amide bonds. The molecule has 2 heterocycles. The Bertz CT molecular complexity index is 1480. The van der Waals surface area contributed by atoms with Crippen molar-refractivity contribution in [3.63, 3.8) is 0 Å². The third-order valence-electron chi connectivity index (χ3n) is 6.27. The number of aryl methyl sites for hydroxylation is 2. The fourth-order valence-corrected chi connectivity index (χ4v) is 5.91. The number of thiazole rings is 1. The summed E-state index contributed by atoms with van der Waals surface area (Å²) in [6.07, 6.45) is 0.400. The van der Waals surface area contributed by atoms with Crippen molar-refractivity contribution in [2.75, 3.05) is 25.3 Å². The van der Waals surface area contributed by atoms with E-state index in [2.05, 4.69) is 15.3 Å². The second-order valence-corrected chi connectivity index (χ2v) is 11.1. The molecular formula is C30H33N5O4S2. The molecule has 0 spiro atoms. The minimum atomic E-state index is -0.751. The van der Waals surface area contributed by atoms with Gasteiger partial charge in [-0.25, -0.2) is 15.0 Å². The van der Waals surface area contributed by atoms with Crippen LogP contribution in [0.5, 0.6) is 11.5 Å². The summed E-state index contributed by atoms with van der Waals surface area (Å²) in [6.45, 7) is 5.86. The molecule has 0 saturated heterocycles. The van der Waals surface area contributed by atoms with Crippen LogP contribution in [-0.2, 0) is 16.1 Å². The summed E-state index contributed by atoms with van der Waals surface area (Å²) in [5, 5.41) is 6.17. The summed E-state index contributed by atoms with van der Waals surface area (Å²) in [4.78, 5) is 42.6. The number of hydrogen-bond donors (Lipinski definition) is 1. The van der Waals surface area contributed by atoms with Crippen LogP contribution in [-0.4, -0.2) is 57.7 Å². The average molecular weight is 592 g/mol. The number of thioether (sulfide) groups is 1. The van der Waals surface area contributed by atoms with E-state index in [1.54, 1.807) is 30.2 Å². The number of nitrogens with one attached hydrogen (secondary N) is 1. The highest BCUT2D eigenvalue weighted by Gasteiger charge is 2.30. The molecule has 0 aliphatic rings. The van der Waals surface area contributed by atoms with Crippen LogP contribution >= 0.6 is 23.1 Å². The van der Waals surface area contributed by atoms with Gasteiger partial charge in [-0.15, -0.1) is 11.3 Å². The first-order valence-electron chi connectivity index (χ1n) is 13.1. The Labute approximate surface area is 248 Å². The molecular weight excluding hydrogens is 558 g/mol. The monoisotopic (exact) mass is 591 g/mol. The zero-order valence-electron chi connectivity index (χ0n) is 23.7. The van der Waals surface area contributed by atoms with E-state index in [9.17, 15) is 9.59 Å². The van der Waals surface area contributed by atoms with E-state index in [1.807, 2.05) is 62.5 Å². The van der Waals surface area contributed by atoms with Gasteiger partial charge in [0.25, 0.3) is 0 Å². The normalized spacial score (nSPS) is 11.5. The van der Waals surface area contributed by atoms with Crippen LogP contribution in [0.3, 0.4) is 0 Å². The largest absolute Gasteiger partial charge is 0.497 e. The van der Waals surface area contributed by atoms with E-state index >= 15 is 0 Å². The van der Waals surface area contributed by atoms with Crippen LogP contribution in [0.1, 0.15) is 29.7 Å². The second-order valence-electron chi connectivity index (χ2n) is 9.22. The van der Waals surface area contributed by atoms with E-state index in [4.69, 9.17) is 14.5 Å². The highest BCUT2D eigenvalue weighted by atomic mass is 32.2. The molecule has 4 aromatic rings. The van der Waals surface area contributed by atoms with Crippen LogP contribution in [0, 0.1) is 13.8 Å². The Morgan fingerprint density at radius 3 is 2.39 bits per heavy atom. The lowest BCUT2D eigenvalue weighted by Gasteiger charge is -2.30. The predicted octanol–water partition coefficient (Wildman–Crippen LogP) is 5.77. The Morgan fingerprint density at radius 1 is 1.00 bits per heavy atom. The van der Waals surface area contributed by atoms with Crippen molar-refractivity contribution >= 4 is 40.6 Å². The molecule has 4 rings (SSSR count). The molecule has 2 aromatic carbocycles. The molecule has 0 aliphatic heterocycles. The van der Waals surface area contributed by atoms with E-state index in [1.165, 1.54) is 30.2 Å².